The predicted octanol–water partition coefficient (Wildman–Crippen LogP) is 4.90. The third-order valence-electron chi connectivity index (χ3n) is 4.75. The lowest BCUT2D eigenvalue weighted by molar-refractivity contribution is 0.324. The summed E-state index contributed by atoms with van der Waals surface area (Å²) < 4.78 is 5.65. The summed E-state index contributed by atoms with van der Waals surface area (Å²) in [5.41, 5.74) is 4.95. The molecule has 0 saturated carbocycles. The minimum absolute atomic E-state index is 0.172. The second kappa shape index (κ2) is 9.13. The molecule has 0 aliphatic rings. The summed E-state index contributed by atoms with van der Waals surface area (Å²) in [7, 11) is 0. The summed E-state index contributed by atoms with van der Waals surface area (Å²) >= 11 is 0. The van der Waals surface area contributed by atoms with Gasteiger partial charge in [0.2, 0.25) is 5.88 Å². The Morgan fingerprint density at radius 3 is 1.97 bits per heavy atom. The number of pyridine rings is 4. The van der Waals surface area contributed by atoms with Gasteiger partial charge in [-0.2, -0.15) is 0 Å². The molecule has 0 amide bonds. The first-order chi connectivity index (χ1) is 14.8. The van der Waals surface area contributed by atoms with Crippen molar-refractivity contribution in [3.8, 4) is 5.88 Å². The highest BCUT2D eigenvalue weighted by molar-refractivity contribution is 5.65. The van der Waals surface area contributed by atoms with E-state index in [4.69, 9.17) is 4.74 Å². The first kappa shape index (κ1) is 19.5. The van der Waals surface area contributed by atoms with Crippen LogP contribution in [0.25, 0.3) is 0 Å². The molecule has 6 nitrogen and oxygen atoms in total. The molecule has 0 bridgehead atoms. The lowest BCUT2D eigenvalue weighted by Gasteiger charge is -2.34. The van der Waals surface area contributed by atoms with E-state index < -0.39 is 0 Å². The molecule has 30 heavy (non-hydrogen) atoms. The average Bonchev–Trinajstić information content (AvgIpc) is 2.81. The average molecular weight is 397 g/mol. The molecule has 6 heteroatoms. The Balaban J connectivity index is 1.91. The zero-order valence-corrected chi connectivity index (χ0v) is 17.0. The van der Waals surface area contributed by atoms with Crippen LogP contribution in [0.3, 0.4) is 0 Å². The molecule has 0 radical (unpaired) electrons. The highest BCUT2D eigenvalue weighted by Gasteiger charge is 2.26. The Morgan fingerprint density at radius 1 is 0.833 bits per heavy atom. The van der Waals surface area contributed by atoms with Gasteiger partial charge >= 0.3 is 0 Å². The van der Waals surface area contributed by atoms with E-state index in [-0.39, 0.29) is 6.04 Å². The topological polar surface area (TPSA) is 64.0 Å². The van der Waals surface area contributed by atoms with Crippen molar-refractivity contribution in [1.29, 1.82) is 0 Å². The van der Waals surface area contributed by atoms with Crippen LogP contribution in [0.15, 0.2) is 85.8 Å². The van der Waals surface area contributed by atoms with Crippen LogP contribution >= 0.6 is 0 Å². The van der Waals surface area contributed by atoms with Crippen molar-refractivity contribution in [2.24, 2.45) is 0 Å². The van der Waals surface area contributed by atoms with Crippen LogP contribution in [0.2, 0.25) is 0 Å². The summed E-state index contributed by atoms with van der Waals surface area (Å²) in [5, 5.41) is 0. The fourth-order valence-electron chi connectivity index (χ4n) is 3.49. The number of anilines is 2. The normalized spacial score (nSPS) is 11.7. The molecule has 0 aliphatic heterocycles. The molecule has 0 saturated heterocycles. The molecular formula is C24H23N5O. The lowest BCUT2D eigenvalue weighted by Crippen LogP contribution is -2.25. The summed E-state index contributed by atoms with van der Waals surface area (Å²) in [6.07, 6.45) is 12.8. The number of nitrogens with zero attached hydrogens (tertiary/aromatic N) is 5. The van der Waals surface area contributed by atoms with Crippen LogP contribution in [-0.2, 0) is 0 Å². The molecular weight excluding hydrogens is 374 g/mol. The molecule has 0 aromatic carbocycles. The standard InChI is InChI=1S/C24H23N5O/c1-3-30-24-18(2)13-20(15-28-24)23(19-7-4-10-25-14-19)29(21-8-5-11-26-16-21)22-9-6-12-27-17-22/h4-17,23H,3H2,1-2H3. The van der Waals surface area contributed by atoms with Gasteiger partial charge < -0.3 is 9.64 Å². The van der Waals surface area contributed by atoms with Crippen molar-refractivity contribution in [3.05, 3.63) is 103 Å². The minimum atomic E-state index is -0.172. The van der Waals surface area contributed by atoms with Crippen molar-refractivity contribution in [2.75, 3.05) is 11.5 Å². The summed E-state index contributed by atoms with van der Waals surface area (Å²) in [4.78, 5) is 19.8. The summed E-state index contributed by atoms with van der Waals surface area (Å²) in [6, 6.07) is 13.9. The van der Waals surface area contributed by atoms with Gasteiger partial charge in [0.1, 0.15) is 0 Å². The molecule has 150 valence electrons. The van der Waals surface area contributed by atoms with Gasteiger partial charge in [-0.3, -0.25) is 15.0 Å². The number of ether oxygens (including phenoxy) is 1. The Hall–Kier alpha value is -3.80. The van der Waals surface area contributed by atoms with E-state index in [0.29, 0.717) is 12.5 Å². The predicted molar refractivity (Wildman–Crippen MR) is 117 cm³/mol. The summed E-state index contributed by atoms with van der Waals surface area (Å²) in [6.45, 7) is 4.55. The Bertz CT molecular complexity index is 1040. The fraction of sp³-hybridized carbons (Fsp3) is 0.167. The molecule has 4 aromatic rings. The van der Waals surface area contributed by atoms with Gasteiger partial charge in [0.25, 0.3) is 0 Å². The first-order valence-corrected chi connectivity index (χ1v) is 9.86. The van der Waals surface area contributed by atoms with E-state index in [1.807, 2.05) is 69.0 Å². The lowest BCUT2D eigenvalue weighted by atomic mass is 9.97. The number of rotatable bonds is 7. The van der Waals surface area contributed by atoms with E-state index >= 15 is 0 Å². The van der Waals surface area contributed by atoms with E-state index in [9.17, 15) is 0 Å². The van der Waals surface area contributed by atoms with Gasteiger partial charge in [0, 0.05) is 36.5 Å². The molecule has 4 heterocycles. The maximum Gasteiger partial charge on any atom is 0.216 e. The first-order valence-electron chi connectivity index (χ1n) is 9.86. The minimum Gasteiger partial charge on any atom is -0.478 e. The molecule has 1 atom stereocenters. The molecule has 4 aromatic heterocycles. The molecule has 1 unspecified atom stereocenters. The van der Waals surface area contributed by atoms with Crippen molar-refractivity contribution >= 4 is 11.4 Å². The van der Waals surface area contributed by atoms with Crippen LogP contribution in [-0.4, -0.2) is 26.5 Å². The van der Waals surface area contributed by atoms with Gasteiger partial charge in [-0.15, -0.1) is 0 Å². The quantitative estimate of drug-likeness (QED) is 0.442. The molecule has 0 fully saturated rings. The van der Waals surface area contributed by atoms with Crippen LogP contribution in [0.4, 0.5) is 11.4 Å². The highest BCUT2D eigenvalue weighted by Crippen LogP contribution is 2.38. The van der Waals surface area contributed by atoms with Crippen molar-refractivity contribution in [2.45, 2.75) is 19.9 Å². The Morgan fingerprint density at radius 2 is 1.47 bits per heavy atom. The van der Waals surface area contributed by atoms with Gasteiger partial charge in [-0.1, -0.05) is 6.07 Å². The van der Waals surface area contributed by atoms with Crippen molar-refractivity contribution < 1.29 is 4.74 Å². The van der Waals surface area contributed by atoms with E-state index in [1.54, 1.807) is 18.6 Å². The maximum atomic E-state index is 5.65. The number of hydrogen-bond acceptors (Lipinski definition) is 6. The highest BCUT2D eigenvalue weighted by atomic mass is 16.5. The van der Waals surface area contributed by atoms with Crippen molar-refractivity contribution in [1.82, 2.24) is 19.9 Å². The van der Waals surface area contributed by atoms with Crippen LogP contribution in [0.5, 0.6) is 5.88 Å². The monoisotopic (exact) mass is 397 g/mol. The van der Waals surface area contributed by atoms with Crippen LogP contribution in [0, 0.1) is 6.92 Å². The van der Waals surface area contributed by atoms with Gasteiger partial charge in [-0.25, -0.2) is 4.98 Å². The third-order valence-corrected chi connectivity index (χ3v) is 4.75. The summed E-state index contributed by atoms with van der Waals surface area (Å²) in [5.74, 6) is 0.653. The number of hydrogen-bond donors (Lipinski definition) is 0. The third kappa shape index (κ3) is 4.12. The second-order valence-electron chi connectivity index (χ2n) is 6.81. The van der Waals surface area contributed by atoms with Gasteiger partial charge in [0.05, 0.1) is 36.4 Å². The Labute approximate surface area is 176 Å². The Kier molecular flexibility index (Phi) is 5.94. The zero-order valence-electron chi connectivity index (χ0n) is 17.0. The largest absolute Gasteiger partial charge is 0.478 e. The van der Waals surface area contributed by atoms with Gasteiger partial charge in [0.15, 0.2) is 0 Å². The molecule has 4 rings (SSSR count). The second-order valence-corrected chi connectivity index (χ2v) is 6.81. The molecule has 0 N–H and O–H groups in total. The SMILES string of the molecule is CCOc1ncc(C(c2cccnc2)N(c2cccnc2)c2cccnc2)cc1C. The smallest absolute Gasteiger partial charge is 0.216 e. The van der Waals surface area contributed by atoms with Crippen molar-refractivity contribution in [3.63, 3.8) is 0 Å². The number of aryl methyl sites for hydroxylation is 1. The van der Waals surface area contributed by atoms with Gasteiger partial charge in [-0.05, 0) is 61.4 Å². The maximum absolute atomic E-state index is 5.65. The fourth-order valence-corrected chi connectivity index (χ4v) is 3.49. The number of aromatic nitrogens is 4. The molecule has 0 spiro atoms. The zero-order chi connectivity index (χ0) is 20.8. The van der Waals surface area contributed by atoms with E-state index in [1.165, 1.54) is 0 Å². The van der Waals surface area contributed by atoms with E-state index in [2.05, 4.69) is 37.0 Å². The van der Waals surface area contributed by atoms with Crippen LogP contribution < -0.4 is 9.64 Å². The van der Waals surface area contributed by atoms with Crippen LogP contribution in [0.1, 0.15) is 29.7 Å². The van der Waals surface area contributed by atoms with E-state index in [0.717, 1.165) is 28.1 Å². The molecule has 0 aliphatic carbocycles.